The second-order valence-electron chi connectivity index (χ2n) is 6.62. The van der Waals surface area contributed by atoms with Crippen LogP contribution < -0.4 is 15.6 Å². The molecule has 0 aliphatic heterocycles. The molecule has 0 aliphatic rings. The summed E-state index contributed by atoms with van der Waals surface area (Å²) >= 11 is 0. The molecule has 1 atom stereocenters. The van der Waals surface area contributed by atoms with E-state index >= 15 is 0 Å². The molecule has 31 heavy (non-hydrogen) atoms. The molecule has 5 nitrogen and oxygen atoms in total. The van der Waals surface area contributed by atoms with Crippen molar-refractivity contribution in [3.8, 4) is 5.75 Å². The lowest BCUT2D eigenvalue weighted by Gasteiger charge is -2.20. The molecule has 1 amide bonds. The molecule has 0 fully saturated rings. The zero-order valence-electron chi connectivity index (χ0n) is 16.1. The Kier molecular flexibility index (Phi) is 6.74. The summed E-state index contributed by atoms with van der Waals surface area (Å²) in [5.74, 6) is -1.28. The van der Waals surface area contributed by atoms with E-state index < -0.39 is 41.6 Å². The molecule has 3 aromatic rings. The standard InChI is InChI=1S/C22H18F4N2O3/c23-17-10-4-5-11-19(17)31-14-18(15-7-2-1-3-8-15)27-20(29)13-28-12-6-9-16(21(28)30)22(24,25)26/h1-12,18H,13-14H2,(H,27,29). The lowest BCUT2D eigenvalue weighted by atomic mass is 10.1. The highest BCUT2D eigenvalue weighted by molar-refractivity contribution is 5.76. The third-order valence-corrected chi connectivity index (χ3v) is 4.42. The van der Waals surface area contributed by atoms with Gasteiger partial charge in [-0.05, 0) is 29.8 Å². The number of amides is 1. The van der Waals surface area contributed by atoms with Crippen LogP contribution in [0, 0.1) is 5.82 Å². The van der Waals surface area contributed by atoms with Crippen molar-refractivity contribution in [3.63, 3.8) is 0 Å². The summed E-state index contributed by atoms with van der Waals surface area (Å²) in [6, 6.07) is 15.4. The number of nitrogens with zero attached hydrogens (tertiary/aromatic N) is 1. The Morgan fingerprint density at radius 1 is 1.00 bits per heavy atom. The van der Waals surface area contributed by atoms with E-state index in [1.165, 1.54) is 18.2 Å². The summed E-state index contributed by atoms with van der Waals surface area (Å²) in [7, 11) is 0. The van der Waals surface area contributed by atoms with E-state index in [1.54, 1.807) is 36.4 Å². The van der Waals surface area contributed by atoms with Gasteiger partial charge in [0.25, 0.3) is 5.56 Å². The Bertz CT molecular complexity index is 1100. The van der Waals surface area contributed by atoms with Crippen molar-refractivity contribution in [1.82, 2.24) is 9.88 Å². The van der Waals surface area contributed by atoms with Crippen LogP contribution in [0.4, 0.5) is 17.6 Å². The van der Waals surface area contributed by atoms with Gasteiger partial charge in [0.15, 0.2) is 11.6 Å². The van der Waals surface area contributed by atoms with Crippen molar-refractivity contribution in [1.29, 1.82) is 0 Å². The van der Waals surface area contributed by atoms with Gasteiger partial charge in [-0.1, -0.05) is 42.5 Å². The third kappa shape index (κ3) is 5.71. The lowest BCUT2D eigenvalue weighted by molar-refractivity contribution is -0.139. The first kappa shape index (κ1) is 22.1. The molecule has 0 bridgehead atoms. The van der Waals surface area contributed by atoms with E-state index in [0.29, 0.717) is 16.2 Å². The summed E-state index contributed by atoms with van der Waals surface area (Å²) in [5.41, 5.74) is -2.03. The third-order valence-electron chi connectivity index (χ3n) is 4.42. The van der Waals surface area contributed by atoms with E-state index in [0.717, 1.165) is 12.3 Å². The normalized spacial score (nSPS) is 12.3. The van der Waals surface area contributed by atoms with E-state index in [9.17, 15) is 27.2 Å². The summed E-state index contributed by atoms with van der Waals surface area (Å²) in [6.45, 7) is -0.750. The summed E-state index contributed by atoms with van der Waals surface area (Å²) in [5, 5.41) is 2.63. The molecular formula is C22H18F4N2O3. The Balaban J connectivity index is 1.76. The average molecular weight is 434 g/mol. The van der Waals surface area contributed by atoms with E-state index in [2.05, 4.69) is 5.32 Å². The first-order chi connectivity index (χ1) is 14.8. The minimum atomic E-state index is -4.82. The van der Waals surface area contributed by atoms with Crippen LogP contribution in [0.2, 0.25) is 0 Å². The zero-order chi connectivity index (χ0) is 22.4. The summed E-state index contributed by atoms with van der Waals surface area (Å²) in [4.78, 5) is 24.6. The maximum absolute atomic E-state index is 13.8. The predicted octanol–water partition coefficient (Wildman–Crippen LogP) is 3.94. The number of aromatic nitrogens is 1. The van der Waals surface area contributed by atoms with Crippen LogP contribution >= 0.6 is 0 Å². The average Bonchev–Trinajstić information content (AvgIpc) is 2.73. The molecule has 2 aromatic carbocycles. The molecule has 1 unspecified atom stereocenters. The first-order valence-electron chi connectivity index (χ1n) is 9.24. The minimum absolute atomic E-state index is 0.00761. The van der Waals surface area contributed by atoms with Crippen LogP contribution in [0.15, 0.2) is 77.7 Å². The van der Waals surface area contributed by atoms with E-state index in [-0.39, 0.29) is 12.4 Å². The molecule has 0 radical (unpaired) electrons. The van der Waals surface area contributed by atoms with Gasteiger partial charge in [0, 0.05) is 6.20 Å². The molecular weight excluding hydrogens is 416 g/mol. The van der Waals surface area contributed by atoms with Crippen LogP contribution in [0.5, 0.6) is 5.75 Å². The molecule has 0 spiro atoms. The van der Waals surface area contributed by atoms with Gasteiger partial charge in [0.05, 0.1) is 6.04 Å². The number of benzene rings is 2. The number of para-hydroxylation sites is 1. The Morgan fingerprint density at radius 3 is 2.35 bits per heavy atom. The van der Waals surface area contributed by atoms with Crippen molar-refractivity contribution in [3.05, 3.63) is 100 Å². The first-order valence-corrected chi connectivity index (χ1v) is 9.24. The van der Waals surface area contributed by atoms with Crippen LogP contribution in [0.3, 0.4) is 0 Å². The van der Waals surface area contributed by atoms with Gasteiger partial charge < -0.3 is 14.6 Å². The highest BCUT2D eigenvalue weighted by Gasteiger charge is 2.34. The van der Waals surface area contributed by atoms with Crippen LogP contribution in [-0.2, 0) is 17.5 Å². The van der Waals surface area contributed by atoms with Crippen molar-refractivity contribution in [2.24, 2.45) is 0 Å². The van der Waals surface area contributed by atoms with Crippen LogP contribution in [-0.4, -0.2) is 17.1 Å². The van der Waals surface area contributed by atoms with Crippen molar-refractivity contribution in [2.45, 2.75) is 18.8 Å². The topological polar surface area (TPSA) is 60.3 Å². The molecule has 162 valence electrons. The number of nitrogens with one attached hydrogen (secondary N) is 1. The SMILES string of the molecule is O=C(Cn1cccc(C(F)(F)F)c1=O)NC(COc1ccccc1F)c1ccccc1. The number of pyridine rings is 1. The molecule has 0 aliphatic carbocycles. The van der Waals surface area contributed by atoms with E-state index in [4.69, 9.17) is 4.74 Å². The van der Waals surface area contributed by atoms with Gasteiger partial charge in [-0.25, -0.2) is 4.39 Å². The zero-order valence-corrected chi connectivity index (χ0v) is 16.1. The van der Waals surface area contributed by atoms with Crippen LogP contribution in [0.1, 0.15) is 17.2 Å². The molecule has 0 saturated carbocycles. The molecule has 3 rings (SSSR count). The predicted molar refractivity (Wildman–Crippen MR) is 105 cm³/mol. The largest absolute Gasteiger partial charge is 0.488 e. The van der Waals surface area contributed by atoms with Gasteiger partial charge in [-0.2, -0.15) is 13.2 Å². The number of alkyl halides is 3. The number of halogens is 4. The Morgan fingerprint density at radius 2 is 1.68 bits per heavy atom. The summed E-state index contributed by atoms with van der Waals surface area (Å²) < 4.78 is 58.8. The molecule has 9 heteroatoms. The maximum atomic E-state index is 13.8. The number of carbonyl (C=O) groups excluding carboxylic acids is 1. The highest BCUT2D eigenvalue weighted by atomic mass is 19.4. The monoisotopic (exact) mass is 434 g/mol. The molecule has 1 N–H and O–H groups in total. The number of hydrogen-bond donors (Lipinski definition) is 1. The molecule has 0 saturated heterocycles. The fourth-order valence-electron chi connectivity index (χ4n) is 2.91. The van der Waals surface area contributed by atoms with Gasteiger partial charge >= 0.3 is 6.18 Å². The molecule has 1 aromatic heterocycles. The number of carbonyl (C=O) groups is 1. The van der Waals surface area contributed by atoms with Gasteiger partial charge in [0.1, 0.15) is 18.7 Å². The van der Waals surface area contributed by atoms with Crippen molar-refractivity contribution < 1.29 is 27.1 Å². The number of rotatable bonds is 7. The quantitative estimate of drug-likeness (QED) is 0.573. The second kappa shape index (κ2) is 9.46. The fourth-order valence-corrected chi connectivity index (χ4v) is 2.91. The molecule has 1 heterocycles. The Hall–Kier alpha value is -3.62. The number of ether oxygens (including phenoxy) is 1. The smallest absolute Gasteiger partial charge is 0.421 e. The van der Waals surface area contributed by atoms with Crippen molar-refractivity contribution >= 4 is 5.91 Å². The lowest BCUT2D eigenvalue weighted by Crippen LogP contribution is -2.38. The maximum Gasteiger partial charge on any atom is 0.421 e. The van der Waals surface area contributed by atoms with Gasteiger partial charge in [-0.3, -0.25) is 9.59 Å². The van der Waals surface area contributed by atoms with Gasteiger partial charge in [0.2, 0.25) is 5.91 Å². The van der Waals surface area contributed by atoms with Crippen molar-refractivity contribution in [2.75, 3.05) is 6.61 Å². The minimum Gasteiger partial charge on any atom is -0.488 e. The number of hydrogen-bond acceptors (Lipinski definition) is 3. The fraction of sp³-hybridized carbons (Fsp3) is 0.182. The van der Waals surface area contributed by atoms with Gasteiger partial charge in [-0.15, -0.1) is 0 Å². The second-order valence-corrected chi connectivity index (χ2v) is 6.62. The van der Waals surface area contributed by atoms with E-state index in [1.807, 2.05) is 0 Å². The highest BCUT2D eigenvalue weighted by Crippen LogP contribution is 2.26. The summed E-state index contributed by atoms with van der Waals surface area (Å²) in [6.07, 6.45) is -3.72. The Labute approximate surface area is 174 Å². The van der Waals surface area contributed by atoms with Crippen LogP contribution in [0.25, 0.3) is 0 Å².